The highest BCUT2D eigenvalue weighted by molar-refractivity contribution is 7.90. The third-order valence-electron chi connectivity index (χ3n) is 2.60. The first-order valence-electron chi connectivity index (χ1n) is 5.12. The molecular weight excluding hydrogens is 242 g/mol. The minimum absolute atomic E-state index is 0.0298. The summed E-state index contributed by atoms with van der Waals surface area (Å²) in [6, 6.07) is 4.45. The number of imide groups is 1. The van der Waals surface area contributed by atoms with Gasteiger partial charge >= 0.3 is 0 Å². The second kappa shape index (κ2) is 3.66. The highest BCUT2D eigenvalue weighted by Gasteiger charge is 2.44. The molecule has 90 valence electrons. The number of hydrogen-bond donors (Lipinski definition) is 0. The number of aryl methyl sites for hydroxylation is 1. The Morgan fingerprint density at radius 3 is 2.59 bits per heavy atom. The van der Waals surface area contributed by atoms with Crippen molar-refractivity contribution >= 4 is 21.8 Å². The SMILES string of the molecule is CCC(=O)N1C(=O)c2cc(C)ccc2S1(=O)=O. The Kier molecular flexibility index (Phi) is 2.54. The summed E-state index contributed by atoms with van der Waals surface area (Å²) in [5.41, 5.74) is 0.852. The van der Waals surface area contributed by atoms with Gasteiger partial charge in [0.1, 0.15) is 4.90 Å². The Bertz CT molecular complexity index is 618. The number of nitrogens with zero attached hydrogens (tertiary/aromatic N) is 1. The Balaban J connectivity index is 2.69. The lowest BCUT2D eigenvalue weighted by Gasteiger charge is -2.10. The van der Waals surface area contributed by atoms with E-state index in [1.807, 2.05) is 0 Å². The van der Waals surface area contributed by atoms with Gasteiger partial charge in [0.05, 0.1) is 5.56 Å². The zero-order valence-corrected chi connectivity index (χ0v) is 10.2. The summed E-state index contributed by atoms with van der Waals surface area (Å²) < 4.78 is 24.3. The van der Waals surface area contributed by atoms with Crippen molar-refractivity contribution in [3.63, 3.8) is 0 Å². The van der Waals surface area contributed by atoms with E-state index < -0.39 is 21.8 Å². The predicted octanol–water partition coefficient (Wildman–Crippen LogP) is 1.08. The van der Waals surface area contributed by atoms with Crippen LogP contribution >= 0.6 is 0 Å². The van der Waals surface area contributed by atoms with Gasteiger partial charge in [-0.05, 0) is 19.1 Å². The third kappa shape index (κ3) is 1.56. The van der Waals surface area contributed by atoms with Gasteiger partial charge in [-0.15, -0.1) is 0 Å². The molecule has 2 rings (SSSR count). The summed E-state index contributed by atoms with van der Waals surface area (Å²) in [5.74, 6) is -1.46. The molecule has 0 saturated carbocycles. The van der Waals surface area contributed by atoms with Crippen LogP contribution in [0.4, 0.5) is 0 Å². The van der Waals surface area contributed by atoms with E-state index in [0.717, 1.165) is 5.56 Å². The van der Waals surface area contributed by atoms with Crippen LogP contribution in [-0.2, 0) is 14.8 Å². The molecule has 1 aromatic rings. The van der Waals surface area contributed by atoms with E-state index in [0.29, 0.717) is 4.31 Å². The van der Waals surface area contributed by atoms with E-state index in [2.05, 4.69) is 0 Å². The molecule has 5 nitrogen and oxygen atoms in total. The molecule has 0 aromatic heterocycles. The first-order chi connectivity index (χ1) is 7.89. The highest BCUT2D eigenvalue weighted by Crippen LogP contribution is 2.31. The van der Waals surface area contributed by atoms with Gasteiger partial charge in [0.25, 0.3) is 15.9 Å². The van der Waals surface area contributed by atoms with Crippen LogP contribution in [0, 0.1) is 6.92 Å². The maximum absolute atomic E-state index is 12.0. The van der Waals surface area contributed by atoms with E-state index in [1.165, 1.54) is 19.1 Å². The van der Waals surface area contributed by atoms with Gasteiger partial charge in [0.2, 0.25) is 5.91 Å². The number of carbonyl (C=O) groups is 2. The second-order valence-corrected chi connectivity index (χ2v) is 5.58. The smallest absolute Gasteiger partial charge is 0.273 e. The molecule has 2 amide bonds. The topological polar surface area (TPSA) is 71.5 Å². The maximum atomic E-state index is 12.0. The number of carbonyl (C=O) groups excluding carboxylic acids is 2. The monoisotopic (exact) mass is 253 g/mol. The van der Waals surface area contributed by atoms with Crippen molar-refractivity contribution < 1.29 is 18.0 Å². The fourth-order valence-corrected chi connectivity index (χ4v) is 3.32. The Hall–Kier alpha value is -1.69. The minimum Gasteiger partial charge on any atom is -0.273 e. The van der Waals surface area contributed by atoms with Gasteiger partial charge in [0.15, 0.2) is 0 Å². The van der Waals surface area contributed by atoms with Gasteiger partial charge in [-0.1, -0.05) is 18.6 Å². The quantitative estimate of drug-likeness (QED) is 0.750. The first kappa shape index (κ1) is 11.8. The van der Waals surface area contributed by atoms with Crippen LogP contribution in [0.25, 0.3) is 0 Å². The molecule has 0 unspecified atom stereocenters. The molecule has 0 spiro atoms. The Morgan fingerprint density at radius 1 is 1.35 bits per heavy atom. The molecule has 0 aliphatic carbocycles. The van der Waals surface area contributed by atoms with Crippen molar-refractivity contribution in [2.75, 3.05) is 0 Å². The van der Waals surface area contributed by atoms with Crippen LogP contribution in [0.15, 0.2) is 23.1 Å². The molecule has 0 saturated heterocycles. The van der Waals surface area contributed by atoms with Crippen LogP contribution in [0.1, 0.15) is 29.3 Å². The van der Waals surface area contributed by atoms with Crippen molar-refractivity contribution in [3.8, 4) is 0 Å². The number of benzene rings is 1. The Morgan fingerprint density at radius 2 is 2.00 bits per heavy atom. The minimum atomic E-state index is -3.99. The predicted molar refractivity (Wildman–Crippen MR) is 59.8 cm³/mol. The van der Waals surface area contributed by atoms with E-state index in [1.54, 1.807) is 13.0 Å². The summed E-state index contributed by atoms with van der Waals surface area (Å²) >= 11 is 0. The van der Waals surface area contributed by atoms with Crippen molar-refractivity contribution in [2.45, 2.75) is 25.2 Å². The van der Waals surface area contributed by atoms with Crippen LogP contribution in [0.2, 0.25) is 0 Å². The highest BCUT2D eigenvalue weighted by atomic mass is 32.2. The van der Waals surface area contributed by atoms with Gasteiger partial charge in [-0.3, -0.25) is 9.59 Å². The molecule has 17 heavy (non-hydrogen) atoms. The number of hydrogen-bond acceptors (Lipinski definition) is 4. The van der Waals surface area contributed by atoms with Crippen molar-refractivity contribution in [2.24, 2.45) is 0 Å². The summed E-state index contributed by atoms with van der Waals surface area (Å²) in [5, 5.41) is 0. The van der Waals surface area contributed by atoms with Gasteiger partial charge in [-0.25, -0.2) is 8.42 Å². The number of fused-ring (bicyclic) bond motifs is 1. The Labute approximate surface area is 99.1 Å². The number of rotatable bonds is 1. The summed E-state index contributed by atoms with van der Waals surface area (Å²) in [6.45, 7) is 3.27. The molecule has 0 fully saturated rings. The average molecular weight is 253 g/mol. The van der Waals surface area contributed by atoms with Gasteiger partial charge in [-0.2, -0.15) is 4.31 Å². The summed E-state index contributed by atoms with van der Waals surface area (Å²) in [6.07, 6.45) is -0.0298. The third-order valence-corrected chi connectivity index (χ3v) is 4.36. The standard InChI is InChI=1S/C11H11NO4S/c1-3-10(13)12-11(14)8-6-7(2)4-5-9(8)17(12,15)16/h4-6H,3H2,1-2H3. The molecule has 6 heteroatoms. The fourth-order valence-electron chi connectivity index (χ4n) is 1.74. The van der Waals surface area contributed by atoms with Crippen LogP contribution in [-0.4, -0.2) is 24.5 Å². The van der Waals surface area contributed by atoms with Crippen molar-refractivity contribution in [1.82, 2.24) is 4.31 Å². The van der Waals surface area contributed by atoms with Crippen molar-refractivity contribution in [1.29, 1.82) is 0 Å². The van der Waals surface area contributed by atoms with E-state index in [-0.39, 0.29) is 16.9 Å². The van der Waals surface area contributed by atoms with Gasteiger partial charge in [0, 0.05) is 6.42 Å². The van der Waals surface area contributed by atoms with E-state index in [9.17, 15) is 18.0 Å². The van der Waals surface area contributed by atoms with E-state index >= 15 is 0 Å². The lowest BCUT2D eigenvalue weighted by atomic mass is 10.1. The summed E-state index contributed by atoms with van der Waals surface area (Å²) in [7, 11) is -3.99. The lowest BCUT2D eigenvalue weighted by molar-refractivity contribution is -0.124. The lowest BCUT2D eigenvalue weighted by Crippen LogP contribution is -2.35. The average Bonchev–Trinajstić information content (AvgIpc) is 2.46. The zero-order valence-electron chi connectivity index (χ0n) is 9.43. The van der Waals surface area contributed by atoms with E-state index in [4.69, 9.17) is 0 Å². The molecular formula is C11H11NO4S. The molecule has 1 aromatic carbocycles. The molecule has 1 aliphatic heterocycles. The molecule has 1 heterocycles. The van der Waals surface area contributed by atoms with Crippen LogP contribution < -0.4 is 0 Å². The number of sulfonamides is 1. The number of amides is 2. The molecule has 0 bridgehead atoms. The maximum Gasteiger partial charge on any atom is 0.276 e. The second-order valence-electron chi connectivity index (χ2n) is 3.82. The van der Waals surface area contributed by atoms with Gasteiger partial charge < -0.3 is 0 Å². The van der Waals surface area contributed by atoms with Crippen molar-refractivity contribution in [3.05, 3.63) is 29.3 Å². The molecule has 1 aliphatic rings. The zero-order chi connectivity index (χ0) is 12.8. The van der Waals surface area contributed by atoms with Crippen LogP contribution in [0.3, 0.4) is 0 Å². The fraction of sp³-hybridized carbons (Fsp3) is 0.273. The largest absolute Gasteiger partial charge is 0.276 e. The summed E-state index contributed by atoms with van der Waals surface area (Å²) in [4.78, 5) is 23.3. The molecule has 0 radical (unpaired) electrons. The normalized spacial score (nSPS) is 17.1. The first-order valence-corrected chi connectivity index (χ1v) is 6.56. The molecule has 0 atom stereocenters. The molecule has 0 N–H and O–H groups in total. The van der Waals surface area contributed by atoms with Crippen LogP contribution in [0.5, 0.6) is 0 Å².